The van der Waals surface area contributed by atoms with Crippen LogP contribution in [0.1, 0.15) is 20.3 Å². The van der Waals surface area contributed by atoms with Crippen molar-refractivity contribution in [3.63, 3.8) is 0 Å². The van der Waals surface area contributed by atoms with Gasteiger partial charge in [-0.25, -0.2) is 10.4 Å². The Bertz CT molecular complexity index is 188. The molecule has 0 aromatic carbocycles. The Hall–Kier alpha value is -0.240. The molecule has 13 heavy (non-hydrogen) atoms. The monoisotopic (exact) mass is 193 g/mol. The molecule has 1 fully saturated rings. The summed E-state index contributed by atoms with van der Waals surface area (Å²) in [6.07, 6.45) is -2.95. The van der Waals surface area contributed by atoms with E-state index in [1.807, 2.05) is 0 Å². The first kappa shape index (κ1) is 10.8. The van der Waals surface area contributed by atoms with Gasteiger partial charge >= 0.3 is 0 Å². The van der Waals surface area contributed by atoms with Crippen molar-refractivity contribution in [1.82, 2.24) is 0 Å². The first-order valence-corrected chi connectivity index (χ1v) is 4.13. The normalized spacial score (nSPS) is 48.9. The third-order valence-electron chi connectivity index (χ3n) is 2.56. The molecule has 1 aliphatic heterocycles. The van der Waals surface area contributed by atoms with Crippen LogP contribution < -0.4 is 5.23 Å². The Morgan fingerprint density at radius 1 is 1.54 bits per heavy atom. The lowest BCUT2D eigenvalue weighted by atomic mass is 9.86. The summed E-state index contributed by atoms with van der Waals surface area (Å²) >= 11 is 0. The Morgan fingerprint density at radius 3 is 2.54 bits per heavy atom. The van der Waals surface area contributed by atoms with Crippen LogP contribution in [0.3, 0.4) is 0 Å². The largest absolute Gasteiger partial charge is 0.600 e. The summed E-state index contributed by atoms with van der Waals surface area (Å²) in [5.41, 5.74) is -1.32. The van der Waals surface area contributed by atoms with Crippen molar-refractivity contribution >= 4 is 0 Å². The maximum atomic E-state index is 10.9. The average molecular weight is 193 g/mol. The van der Waals surface area contributed by atoms with Gasteiger partial charge in [0.15, 0.2) is 11.8 Å². The summed E-state index contributed by atoms with van der Waals surface area (Å²) in [6.45, 7) is 2.94. The van der Waals surface area contributed by atoms with Gasteiger partial charge in [-0.05, 0) is 13.8 Å². The zero-order valence-electron chi connectivity index (χ0n) is 7.60. The van der Waals surface area contributed by atoms with Crippen LogP contribution in [0.15, 0.2) is 0 Å². The standard InChI is InChI=1S/C7H15NO5/c1-4-6(10)7(2,8(11)12)3-5(9)13-4/h4-6,8-11H,3H2,1-2H3. The second-order valence-corrected chi connectivity index (χ2v) is 3.67. The van der Waals surface area contributed by atoms with E-state index in [2.05, 4.69) is 0 Å². The minimum atomic E-state index is -1.32. The molecule has 1 saturated heterocycles. The molecule has 0 aromatic rings. The van der Waals surface area contributed by atoms with Crippen LogP contribution in [0, 0.1) is 5.21 Å². The first-order valence-electron chi connectivity index (χ1n) is 4.13. The molecule has 1 heterocycles. The molecular formula is C7H15NO5. The number of hydrogen-bond donors (Lipinski definition) is 4. The minimum absolute atomic E-state index is 0.0894. The van der Waals surface area contributed by atoms with Gasteiger partial charge in [0.05, 0.1) is 12.5 Å². The number of aliphatic hydroxyl groups excluding tert-OH is 2. The second-order valence-electron chi connectivity index (χ2n) is 3.67. The van der Waals surface area contributed by atoms with E-state index in [0.717, 1.165) is 0 Å². The molecule has 1 aliphatic rings. The van der Waals surface area contributed by atoms with Crippen LogP contribution in [0.4, 0.5) is 0 Å². The van der Waals surface area contributed by atoms with Crippen molar-refractivity contribution in [1.29, 1.82) is 0 Å². The highest BCUT2D eigenvalue weighted by Crippen LogP contribution is 2.25. The summed E-state index contributed by atoms with van der Waals surface area (Å²) in [7, 11) is 0. The molecule has 0 saturated carbocycles. The maximum Gasteiger partial charge on any atom is 0.161 e. The van der Waals surface area contributed by atoms with Crippen molar-refractivity contribution < 1.29 is 25.4 Å². The van der Waals surface area contributed by atoms with Crippen LogP contribution in [0.5, 0.6) is 0 Å². The van der Waals surface area contributed by atoms with Crippen molar-refractivity contribution in [3.8, 4) is 0 Å². The van der Waals surface area contributed by atoms with Gasteiger partial charge in [0.1, 0.15) is 6.10 Å². The molecule has 1 rings (SSSR count). The average Bonchev–Trinajstić information content (AvgIpc) is 1.99. The van der Waals surface area contributed by atoms with Crippen molar-refractivity contribution in [3.05, 3.63) is 5.21 Å². The lowest BCUT2D eigenvalue weighted by Crippen LogP contribution is -3.16. The Balaban J connectivity index is 2.82. The highest BCUT2D eigenvalue weighted by atomic mass is 16.8. The number of rotatable bonds is 1. The molecule has 0 radical (unpaired) electrons. The van der Waals surface area contributed by atoms with Crippen molar-refractivity contribution in [2.75, 3.05) is 0 Å². The third kappa shape index (κ3) is 1.83. The van der Waals surface area contributed by atoms with Gasteiger partial charge in [0, 0.05) is 0 Å². The molecule has 4 N–H and O–H groups in total. The number of hydrogen-bond acceptors (Lipinski definition) is 5. The zero-order chi connectivity index (χ0) is 10.2. The van der Waals surface area contributed by atoms with Crippen LogP contribution in [-0.2, 0) is 4.74 Å². The van der Waals surface area contributed by atoms with Gasteiger partial charge in [0.2, 0.25) is 0 Å². The lowest BCUT2D eigenvalue weighted by molar-refractivity contribution is -1.09. The van der Waals surface area contributed by atoms with Gasteiger partial charge in [0.25, 0.3) is 0 Å². The van der Waals surface area contributed by atoms with E-state index in [0.29, 0.717) is 0 Å². The van der Waals surface area contributed by atoms with Gasteiger partial charge in [-0.2, -0.15) is 0 Å². The zero-order valence-corrected chi connectivity index (χ0v) is 7.60. The predicted molar refractivity (Wildman–Crippen MR) is 41.7 cm³/mol. The molecule has 6 heteroatoms. The van der Waals surface area contributed by atoms with Crippen LogP contribution in [0.25, 0.3) is 0 Å². The Morgan fingerprint density at radius 2 is 2.08 bits per heavy atom. The number of nitrogens with one attached hydrogen (secondary N) is 1. The van der Waals surface area contributed by atoms with Crippen molar-refractivity contribution in [2.45, 2.75) is 44.3 Å². The molecule has 5 atom stereocenters. The molecule has 0 amide bonds. The van der Waals surface area contributed by atoms with Gasteiger partial charge in [-0.3, -0.25) is 0 Å². The lowest BCUT2D eigenvalue weighted by Gasteiger charge is -2.45. The topological polar surface area (TPSA) is 97.4 Å². The minimum Gasteiger partial charge on any atom is -0.600 e. The highest BCUT2D eigenvalue weighted by Gasteiger charge is 2.49. The van der Waals surface area contributed by atoms with Crippen LogP contribution in [-0.4, -0.2) is 39.5 Å². The molecule has 0 aliphatic carbocycles. The third-order valence-corrected chi connectivity index (χ3v) is 2.56. The van der Waals surface area contributed by atoms with E-state index in [1.165, 1.54) is 13.8 Å². The second kappa shape index (κ2) is 3.49. The number of quaternary nitrogens is 1. The number of ether oxygens (including phenoxy) is 1. The fourth-order valence-electron chi connectivity index (χ4n) is 1.59. The van der Waals surface area contributed by atoms with Gasteiger partial charge in [-0.1, -0.05) is 0 Å². The van der Waals surface area contributed by atoms with E-state index in [4.69, 9.17) is 9.94 Å². The van der Waals surface area contributed by atoms with E-state index in [1.54, 1.807) is 0 Å². The van der Waals surface area contributed by atoms with Gasteiger partial charge in [-0.15, -0.1) is 0 Å². The molecule has 0 bridgehead atoms. The predicted octanol–water partition coefficient (Wildman–Crippen LogP) is -1.99. The van der Waals surface area contributed by atoms with Gasteiger partial charge < -0.3 is 20.2 Å². The number of hydroxylamine groups is 2. The summed E-state index contributed by atoms with van der Waals surface area (Å²) in [5, 5.41) is 37.4. The van der Waals surface area contributed by atoms with E-state index in [-0.39, 0.29) is 6.42 Å². The molecular weight excluding hydrogens is 178 g/mol. The van der Waals surface area contributed by atoms with E-state index >= 15 is 0 Å². The summed E-state index contributed by atoms with van der Waals surface area (Å²) in [6, 6.07) is 0. The molecule has 78 valence electrons. The molecule has 6 nitrogen and oxygen atoms in total. The Labute approximate surface area is 75.9 Å². The summed E-state index contributed by atoms with van der Waals surface area (Å²) in [5.74, 6) is 0. The summed E-state index contributed by atoms with van der Waals surface area (Å²) in [4.78, 5) is 0. The molecule has 0 aromatic heterocycles. The van der Waals surface area contributed by atoms with E-state index < -0.39 is 29.3 Å². The van der Waals surface area contributed by atoms with E-state index in [9.17, 15) is 15.4 Å². The molecule has 0 spiro atoms. The summed E-state index contributed by atoms with van der Waals surface area (Å²) < 4.78 is 4.89. The maximum absolute atomic E-state index is 10.9. The SMILES string of the molecule is CC1OC(O)CC(C)([NH+]([O-])O)C1O. The quantitative estimate of drug-likeness (QED) is 0.361. The van der Waals surface area contributed by atoms with Crippen LogP contribution in [0.2, 0.25) is 0 Å². The first-order chi connectivity index (χ1) is 5.88. The number of aliphatic hydroxyl groups is 2. The fourth-order valence-corrected chi connectivity index (χ4v) is 1.59. The molecule has 5 unspecified atom stereocenters. The highest BCUT2D eigenvalue weighted by molar-refractivity contribution is 4.90. The Kier molecular flexibility index (Phi) is 2.91. The van der Waals surface area contributed by atoms with Crippen LogP contribution >= 0.6 is 0 Å². The fraction of sp³-hybridized carbons (Fsp3) is 1.00. The van der Waals surface area contributed by atoms with Crippen molar-refractivity contribution in [2.24, 2.45) is 0 Å². The smallest absolute Gasteiger partial charge is 0.161 e.